The normalized spacial score (nSPS) is 12.2. The molecule has 1 unspecified atom stereocenters. The topological polar surface area (TPSA) is 118 Å². The van der Waals surface area contributed by atoms with Gasteiger partial charge < -0.3 is 10.6 Å². The van der Waals surface area contributed by atoms with E-state index in [1.807, 2.05) is 0 Å². The van der Waals surface area contributed by atoms with Crippen molar-refractivity contribution < 1.29 is 18.0 Å². The fraction of sp³-hybridized carbons (Fsp3) is 0.0526. The molecule has 7 nitrogen and oxygen atoms in total. The number of thiophene rings is 1. The van der Waals surface area contributed by atoms with Crippen LogP contribution in [0.3, 0.4) is 0 Å². The fourth-order valence-corrected chi connectivity index (χ4v) is 3.60. The van der Waals surface area contributed by atoms with Crippen molar-refractivity contribution >= 4 is 38.7 Å². The summed E-state index contributed by atoms with van der Waals surface area (Å²) in [6, 6.07) is 17.5. The van der Waals surface area contributed by atoms with Crippen molar-refractivity contribution in [3.63, 3.8) is 0 Å². The third-order valence-electron chi connectivity index (χ3n) is 3.83. The SMILES string of the molecule is NS(=O)(=O)c1ccc(NC(NC(=O)c2cccs2)C(=O)c2ccccc2)cc1. The molecule has 0 aliphatic heterocycles. The first-order valence-corrected chi connectivity index (χ1v) is 10.6. The molecule has 1 atom stereocenters. The quantitative estimate of drug-likeness (QED) is 0.405. The highest BCUT2D eigenvalue weighted by atomic mass is 32.2. The van der Waals surface area contributed by atoms with Gasteiger partial charge in [0.15, 0.2) is 6.17 Å². The second kappa shape index (κ2) is 8.34. The molecular weight excluding hydrogens is 398 g/mol. The Morgan fingerprint density at radius 1 is 0.929 bits per heavy atom. The summed E-state index contributed by atoms with van der Waals surface area (Å²) in [6.07, 6.45) is -1.04. The van der Waals surface area contributed by atoms with Crippen molar-refractivity contribution in [2.45, 2.75) is 11.1 Å². The highest BCUT2D eigenvalue weighted by Gasteiger charge is 2.23. The molecule has 3 rings (SSSR count). The number of primary sulfonamides is 1. The van der Waals surface area contributed by atoms with E-state index in [1.54, 1.807) is 47.8 Å². The first kappa shape index (κ1) is 19.7. The number of Topliss-reactive ketones (excluding diaryl/α,β-unsaturated/α-hetero) is 1. The average Bonchev–Trinajstić information content (AvgIpc) is 3.22. The van der Waals surface area contributed by atoms with Gasteiger partial charge in [0.25, 0.3) is 5.91 Å². The van der Waals surface area contributed by atoms with Gasteiger partial charge >= 0.3 is 0 Å². The fourth-order valence-electron chi connectivity index (χ4n) is 2.45. The molecule has 3 aromatic rings. The van der Waals surface area contributed by atoms with Gasteiger partial charge in [0.1, 0.15) is 0 Å². The number of rotatable bonds is 7. The van der Waals surface area contributed by atoms with E-state index in [-0.39, 0.29) is 10.7 Å². The highest BCUT2D eigenvalue weighted by molar-refractivity contribution is 7.89. The summed E-state index contributed by atoms with van der Waals surface area (Å²) >= 11 is 1.26. The largest absolute Gasteiger partial charge is 0.359 e. The number of hydrogen-bond acceptors (Lipinski definition) is 6. The zero-order valence-corrected chi connectivity index (χ0v) is 16.2. The zero-order chi connectivity index (χ0) is 20.1. The smallest absolute Gasteiger partial charge is 0.263 e. The van der Waals surface area contributed by atoms with Crippen LogP contribution in [0.15, 0.2) is 77.0 Å². The minimum atomic E-state index is -3.82. The summed E-state index contributed by atoms with van der Waals surface area (Å²) in [4.78, 5) is 25.8. The Hall–Kier alpha value is -3.01. The maximum Gasteiger partial charge on any atom is 0.263 e. The van der Waals surface area contributed by atoms with Gasteiger partial charge in [-0.25, -0.2) is 13.6 Å². The van der Waals surface area contributed by atoms with Gasteiger partial charge in [-0.3, -0.25) is 9.59 Å². The molecule has 4 N–H and O–H groups in total. The van der Waals surface area contributed by atoms with Gasteiger partial charge in [0.05, 0.1) is 9.77 Å². The molecule has 0 saturated carbocycles. The van der Waals surface area contributed by atoms with Crippen LogP contribution in [0.5, 0.6) is 0 Å². The lowest BCUT2D eigenvalue weighted by Gasteiger charge is -2.20. The van der Waals surface area contributed by atoms with E-state index >= 15 is 0 Å². The lowest BCUT2D eigenvalue weighted by Crippen LogP contribution is -2.46. The highest BCUT2D eigenvalue weighted by Crippen LogP contribution is 2.16. The number of carbonyl (C=O) groups is 2. The van der Waals surface area contributed by atoms with Crippen molar-refractivity contribution in [1.29, 1.82) is 0 Å². The van der Waals surface area contributed by atoms with Gasteiger partial charge in [0, 0.05) is 11.3 Å². The number of anilines is 1. The van der Waals surface area contributed by atoms with E-state index in [1.165, 1.54) is 35.6 Å². The number of nitrogens with two attached hydrogens (primary N) is 1. The molecule has 9 heteroatoms. The summed E-state index contributed by atoms with van der Waals surface area (Å²) in [6.45, 7) is 0. The number of hydrogen-bond donors (Lipinski definition) is 3. The van der Waals surface area contributed by atoms with Crippen LogP contribution in [0.25, 0.3) is 0 Å². The van der Waals surface area contributed by atoms with Gasteiger partial charge in [-0.1, -0.05) is 36.4 Å². The van der Waals surface area contributed by atoms with E-state index in [0.717, 1.165) is 0 Å². The molecular formula is C19H17N3O4S2. The number of nitrogens with one attached hydrogen (secondary N) is 2. The zero-order valence-electron chi connectivity index (χ0n) is 14.5. The number of sulfonamides is 1. The van der Waals surface area contributed by atoms with Crippen molar-refractivity contribution in [1.82, 2.24) is 5.32 Å². The van der Waals surface area contributed by atoms with Crippen LogP contribution >= 0.6 is 11.3 Å². The molecule has 0 aliphatic rings. The first-order valence-electron chi connectivity index (χ1n) is 8.17. The molecule has 2 aromatic carbocycles. The Kier molecular flexibility index (Phi) is 5.88. The lowest BCUT2D eigenvalue weighted by molar-refractivity contribution is 0.0872. The molecule has 0 aliphatic carbocycles. The molecule has 0 radical (unpaired) electrons. The molecule has 0 spiro atoms. The van der Waals surface area contributed by atoms with Crippen LogP contribution < -0.4 is 15.8 Å². The third-order valence-corrected chi connectivity index (χ3v) is 5.63. The minimum Gasteiger partial charge on any atom is -0.359 e. The molecule has 144 valence electrons. The maximum atomic E-state index is 12.9. The van der Waals surface area contributed by atoms with E-state index < -0.39 is 22.1 Å². The Morgan fingerprint density at radius 3 is 2.18 bits per heavy atom. The predicted octanol–water partition coefficient (Wildman–Crippen LogP) is 2.45. The summed E-state index contributed by atoms with van der Waals surface area (Å²) in [5, 5.41) is 12.5. The van der Waals surface area contributed by atoms with Crippen LogP contribution in [0, 0.1) is 0 Å². The predicted molar refractivity (Wildman–Crippen MR) is 108 cm³/mol. The average molecular weight is 415 g/mol. The Balaban J connectivity index is 1.85. The van der Waals surface area contributed by atoms with Gasteiger partial charge in [-0.2, -0.15) is 0 Å². The van der Waals surface area contributed by atoms with Gasteiger partial charge in [-0.15, -0.1) is 11.3 Å². The number of ketones is 1. The summed E-state index contributed by atoms with van der Waals surface area (Å²) < 4.78 is 22.8. The summed E-state index contributed by atoms with van der Waals surface area (Å²) in [5.41, 5.74) is 0.876. The summed E-state index contributed by atoms with van der Waals surface area (Å²) in [7, 11) is -3.82. The number of amides is 1. The second-order valence-corrected chi connectivity index (χ2v) is 8.34. The second-order valence-electron chi connectivity index (χ2n) is 5.83. The molecule has 1 aromatic heterocycles. The van der Waals surface area contributed by atoms with Crippen LogP contribution in [0.2, 0.25) is 0 Å². The first-order chi connectivity index (χ1) is 13.3. The molecule has 1 amide bonds. The minimum absolute atomic E-state index is 0.0494. The van der Waals surface area contributed by atoms with Gasteiger partial charge in [0.2, 0.25) is 15.8 Å². The third kappa shape index (κ3) is 4.83. The lowest BCUT2D eigenvalue weighted by atomic mass is 10.1. The molecule has 28 heavy (non-hydrogen) atoms. The molecule has 0 fully saturated rings. The standard InChI is InChI=1S/C19H17N3O4S2/c20-28(25,26)15-10-8-14(9-11-15)21-18(17(23)13-5-2-1-3-6-13)22-19(24)16-7-4-12-27-16/h1-12,18,21H,(H,22,24)(H2,20,25,26). The van der Waals surface area contributed by atoms with Crippen molar-refractivity contribution in [3.05, 3.63) is 82.6 Å². The van der Waals surface area contributed by atoms with E-state index in [2.05, 4.69) is 10.6 Å². The van der Waals surface area contributed by atoms with E-state index in [4.69, 9.17) is 5.14 Å². The number of benzene rings is 2. The van der Waals surface area contributed by atoms with Crippen LogP contribution in [-0.2, 0) is 10.0 Å². The van der Waals surface area contributed by atoms with Crippen molar-refractivity contribution in [2.24, 2.45) is 5.14 Å². The van der Waals surface area contributed by atoms with Crippen molar-refractivity contribution in [3.8, 4) is 0 Å². The van der Waals surface area contributed by atoms with Crippen LogP contribution in [-0.4, -0.2) is 26.3 Å². The Bertz CT molecular complexity index is 1060. The molecule has 0 bridgehead atoms. The van der Waals surface area contributed by atoms with E-state index in [9.17, 15) is 18.0 Å². The van der Waals surface area contributed by atoms with Crippen LogP contribution in [0.1, 0.15) is 20.0 Å². The van der Waals surface area contributed by atoms with Gasteiger partial charge in [-0.05, 0) is 35.7 Å². The Morgan fingerprint density at radius 2 is 1.61 bits per heavy atom. The summed E-state index contributed by atoms with van der Waals surface area (Å²) in [5.74, 6) is -0.723. The maximum absolute atomic E-state index is 12.9. The molecule has 0 saturated heterocycles. The monoisotopic (exact) mass is 415 g/mol. The number of carbonyl (C=O) groups excluding carboxylic acids is 2. The molecule has 1 heterocycles. The van der Waals surface area contributed by atoms with Crippen LogP contribution in [0.4, 0.5) is 5.69 Å². The van der Waals surface area contributed by atoms with E-state index in [0.29, 0.717) is 16.1 Å². The Labute approximate surface area is 166 Å². The van der Waals surface area contributed by atoms with Crippen molar-refractivity contribution in [2.75, 3.05) is 5.32 Å².